The summed E-state index contributed by atoms with van der Waals surface area (Å²) in [6, 6.07) is 16.3. The molecule has 33 heavy (non-hydrogen) atoms. The minimum absolute atomic E-state index is 0.0484. The van der Waals surface area contributed by atoms with Crippen molar-refractivity contribution in [3.63, 3.8) is 0 Å². The van der Waals surface area contributed by atoms with Crippen LogP contribution in [0.2, 0.25) is 0 Å². The molecule has 6 nitrogen and oxygen atoms in total. The van der Waals surface area contributed by atoms with Crippen LogP contribution in [0.25, 0.3) is 0 Å². The number of ether oxygens (including phenoxy) is 2. The van der Waals surface area contributed by atoms with Gasteiger partial charge in [0.15, 0.2) is 0 Å². The maximum atomic E-state index is 13.5. The third-order valence-electron chi connectivity index (χ3n) is 5.36. The molecule has 0 amide bonds. The van der Waals surface area contributed by atoms with Gasteiger partial charge in [0, 0.05) is 43.7 Å². The highest BCUT2D eigenvalue weighted by atomic mass is 19.4. The van der Waals surface area contributed by atoms with E-state index >= 15 is 0 Å². The number of rotatable bonds is 7. The maximum absolute atomic E-state index is 13.5. The van der Waals surface area contributed by atoms with Gasteiger partial charge in [-0.3, -0.25) is 0 Å². The predicted octanol–water partition coefficient (Wildman–Crippen LogP) is 5.30. The van der Waals surface area contributed by atoms with Crippen molar-refractivity contribution in [3.8, 4) is 5.75 Å². The number of nitrogens with zero attached hydrogens (tertiary/aromatic N) is 2. The number of nitrogens with one attached hydrogen (secondary N) is 2. The van der Waals surface area contributed by atoms with Crippen molar-refractivity contribution in [1.82, 2.24) is 4.98 Å². The predicted molar refractivity (Wildman–Crippen MR) is 122 cm³/mol. The van der Waals surface area contributed by atoms with Crippen LogP contribution in [0.1, 0.15) is 11.1 Å². The lowest BCUT2D eigenvalue weighted by Crippen LogP contribution is -2.36. The van der Waals surface area contributed by atoms with Gasteiger partial charge < -0.3 is 25.0 Å². The van der Waals surface area contributed by atoms with E-state index in [2.05, 4.69) is 20.5 Å². The monoisotopic (exact) mass is 458 g/mol. The van der Waals surface area contributed by atoms with Crippen LogP contribution in [-0.2, 0) is 17.5 Å². The number of halogens is 3. The van der Waals surface area contributed by atoms with Gasteiger partial charge >= 0.3 is 6.18 Å². The Bertz CT molecular complexity index is 1070. The summed E-state index contributed by atoms with van der Waals surface area (Å²) in [5.74, 6) is 0.843. The van der Waals surface area contributed by atoms with Gasteiger partial charge in [0.25, 0.3) is 0 Å². The molecule has 0 bridgehead atoms. The average molecular weight is 458 g/mol. The van der Waals surface area contributed by atoms with Gasteiger partial charge in [-0.1, -0.05) is 30.3 Å². The first-order valence-electron chi connectivity index (χ1n) is 10.6. The van der Waals surface area contributed by atoms with Crippen molar-refractivity contribution in [2.45, 2.75) is 12.7 Å². The Morgan fingerprint density at radius 2 is 1.79 bits per heavy atom. The van der Waals surface area contributed by atoms with E-state index < -0.39 is 11.7 Å². The molecule has 174 valence electrons. The van der Waals surface area contributed by atoms with Crippen LogP contribution in [0.15, 0.2) is 60.8 Å². The van der Waals surface area contributed by atoms with E-state index in [0.29, 0.717) is 24.7 Å². The first-order valence-corrected chi connectivity index (χ1v) is 10.6. The van der Waals surface area contributed by atoms with Crippen LogP contribution in [0.5, 0.6) is 5.75 Å². The number of methoxy groups -OCH3 is 1. The molecule has 2 heterocycles. The zero-order chi connectivity index (χ0) is 23.3. The number of morpholine rings is 1. The first kappa shape index (κ1) is 22.7. The van der Waals surface area contributed by atoms with Crippen LogP contribution >= 0.6 is 0 Å². The van der Waals surface area contributed by atoms with Crippen LogP contribution in [-0.4, -0.2) is 38.4 Å². The largest absolute Gasteiger partial charge is 0.494 e. The number of benzene rings is 2. The van der Waals surface area contributed by atoms with E-state index in [9.17, 15) is 13.2 Å². The summed E-state index contributed by atoms with van der Waals surface area (Å²) in [7, 11) is 1.55. The molecule has 0 spiro atoms. The molecule has 1 fully saturated rings. The molecule has 4 rings (SSSR count). The molecule has 0 radical (unpaired) electrons. The Morgan fingerprint density at radius 3 is 2.48 bits per heavy atom. The molecule has 0 aliphatic carbocycles. The number of pyridine rings is 1. The van der Waals surface area contributed by atoms with Crippen molar-refractivity contribution < 1.29 is 22.6 Å². The molecule has 1 aliphatic rings. The Balaban J connectivity index is 1.57. The molecule has 0 saturated carbocycles. The molecule has 3 aromatic rings. The summed E-state index contributed by atoms with van der Waals surface area (Å²) in [5, 5.41) is 5.98. The SMILES string of the molecule is COc1cc(N2CCOCC2)ccc1Nc1cc(NCc2ccccc2)c(C(F)(F)F)cn1. The highest BCUT2D eigenvalue weighted by molar-refractivity contribution is 5.71. The van der Waals surface area contributed by atoms with Crippen molar-refractivity contribution >= 4 is 22.9 Å². The second-order valence-corrected chi connectivity index (χ2v) is 7.56. The molecule has 2 N–H and O–H groups in total. The summed E-state index contributed by atoms with van der Waals surface area (Å²) in [6.45, 7) is 3.15. The summed E-state index contributed by atoms with van der Waals surface area (Å²) in [5.41, 5.74) is 1.60. The quantitative estimate of drug-likeness (QED) is 0.501. The molecule has 2 aromatic carbocycles. The highest BCUT2D eigenvalue weighted by Gasteiger charge is 2.34. The van der Waals surface area contributed by atoms with Crippen molar-refractivity contribution in [1.29, 1.82) is 0 Å². The second kappa shape index (κ2) is 9.99. The van der Waals surface area contributed by atoms with E-state index in [4.69, 9.17) is 9.47 Å². The van der Waals surface area contributed by atoms with Crippen molar-refractivity contribution in [2.75, 3.05) is 48.9 Å². The lowest BCUT2D eigenvalue weighted by molar-refractivity contribution is -0.137. The van der Waals surface area contributed by atoms with Gasteiger partial charge in [0.1, 0.15) is 11.6 Å². The van der Waals surface area contributed by atoms with Gasteiger partial charge in [-0.25, -0.2) is 4.98 Å². The van der Waals surface area contributed by atoms with Crippen molar-refractivity contribution in [2.24, 2.45) is 0 Å². The number of hydrogen-bond acceptors (Lipinski definition) is 6. The van der Waals surface area contributed by atoms with Crippen LogP contribution < -0.4 is 20.3 Å². The standard InChI is InChI=1S/C24H25F3N4O2/c1-32-22-13-18(31-9-11-33-12-10-31)7-8-20(22)30-23-14-21(19(16-29-23)24(25,26)27)28-15-17-5-3-2-4-6-17/h2-8,13-14,16H,9-12,15H2,1H3,(H2,28,29,30). The van der Waals surface area contributed by atoms with Crippen molar-refractivity contribution in [3.05, 3.63) is 71.9 Å². The zero-order valence-electron chi connectivity index (χ0n) is 18.2. The topological polar surface area (TPSA) is 58.7 Å². The molecule has 1 aromatic heterocycles. The summed E-state index contributed by atoms with van der Waals surface area (Å²) >= 11 is 0. The number of anilines is 4. The van der Waals surface area contributed by atoms with Crippen LogP contribution in [0.3, 0.4) is 0 Å². The fourth-order valence-electron chi connectivity index (χ4n) is 3.63. The van der Waals surface area contributed by atoms with Gasteiger partial charge in [-0.15, -0.1) is 0 Å². The van der Waals surface area contributed by atoms with E-state index in [1.165, 1.54) is 6.07 Å². The zero-order valence-corrected chi connectivity index (χ0v) is 18.2. The average Bonchev–Trinajstić information content (AvgIpc) is 2.83. The van der Waals surface area contributed by atoms with E-state index in [0.717, 1.165) is 30.5 Å². The van der Waals surface area contributed by atoms with E-state index in [1.807, 2.05) is 48.5 Å². The maximum Gasteiger partial charge on any atom is 0.419 e. The minimum Gasteiger partial charge on any atom is -0.494 e. The second-order valence-electron chi connectivity index (χ2n) is 7.56. The molecule has 1 aliphatic heterocycles. The van der Waals surface area contributed by atoms with Crippen LogP contribution in [0.4, 0.5) is 36.1 Å². The van der Waals surface area contributed by atoms with Gasteiger partial charge in [0.2, 0.25) is 0 Å². The Kier molecular flexibility index (Phi) is 6.88. The van der Waals surface area contributed by atoms with Crippen LogP contribution in [0, 0.1) is 0 Å². The minimum atomic E-state index is -4.53. The Morgan fingerprint density at radius 1 is 1.03 bits per heavy atom. The molecular formula is C24H25F3N4O2. The van der Waals surface area contributed by atoms with Gasteiger partial charge in [-0.2, -0.15) is 13.2 Å². The van der Waals surface area contributed by atoms with E-state index in [1.54, 1.807) is 7.11 Å². The number of aromatic nitrogens is 1. The Labute approximate surface area is 190 Å². The lowest BCUT2D eigenvalue weighted by Gasteiger charge is -2.29. The first-order chi connectivity index (χ1) is 15.9. The summed E-state index contributed by atoms with van der Waals surface area (Å²) in [6.07, 6.45) is -3.69. The highest BCUT2D eigenvalue weighted by Crippen LogP contribution is 2.37. The molecule has 0 atom stereocenters. The van der Waals surface area contributed by atoms with Gasteiger partial charge in [-0.05, 0) is 17.7 Å². The normalized spacial score (nSPS) is 14.1. The van der Waals surface area contributed by atoms with Gasteiger partial charge in [0.05, 0.1) is 37.3 Å². The summed E-state index contributed by atoms with van der Waals surface area (Å²) < 4.78 is 51.5. The third-order valence-corrected chi connectivity index (χ3v) is 5.36. The molecular weight excluding hydrogens is 433 g/mol. The third kappa shape index (κ3) is 5.67. The Hall–Kier alpha value is -3.46. The number of hydrogen-bond donors (Lipinski definition) is 2. The smallest absolute Gasteiger partial charge is 0.419 e. The fourth-order valence-corrected chi connectivity index (χ4v) is 3.63. The number of alkyl halides is 3. The fraction of sp³-hybridized carbons (Fsp3) is 0.292. The summed E-state index contributed by atoms with van der Waals surface area (Å²) in [4.78, 5) is 6.18. The molecule has 1 saturated heterocycles. The lowest BCUT2D eigenvalue weighted by atomic mass is 10.2. The molecule has 9 heteroatoms. The van der Waals surface area contributed by atoms with E-state index in [-0.39, 0.29) is 18.1 Å². The molecule has 0 unspecified atom stereocenters.